The van der Waals surface area contributed by atoms with E-state index in [1.807, 2.05) is 29.2 Å². The molecule has 1 aliphatic rings. The van der Waals surface area contributed by atoms with Crippen LogP contribution in [0.4, 0.5) is 0 Å². The molecule has 1 fully saturated rings. The molecule has 6 heteroatoms. The molecule has 0 bridgehead atoms. The first-order valence-electron chi connectivity index (χ1n) is 8.15. The maximum absolute atomic E-state index is 12.5. The lowest BCUT2D eigenvalue weighted by Gasteiger charge is -2.32. The van der Waals surface area contributed by atoms with Crippen molar-refractivity contribution >= 4 is 17.5 Å². The van der Waals surface area contributed by atoms with E-state index in [1.54, 1.807) is 12.3 Å². The number of benzene rings is 1. The minimum Gasteiger partial charge on any atom is -0.472 e. The van der Waals surface area contributed by atoms with Gasteiger partial charge in [-0.05, 0) is 37.0 Å². The van der Waals surface area contributed by atoms with Crippen LogP contribution in [0, 0.1) is 0 Å². The van der Waals surface area contributed by atoms with E-state index in [-0.39, 0.29) is 12.0 Å². The van der Waals surface area contributed by atoms with E-state index in [0.717, 1.165) is 24.9 Å². The average Bonchev–Trinajstić information content (AvgIpc) is 2.61. The smallest absolute Gasteiger partial charge is 0.223 e. The van der Waals surface area contributed by atoms with Gasteiger partial charge in [-0.3, -0.25) is 4.79 Å². The zero-order valence-corrected chi connectivity index (χ0v) is 14.2. The third-order valence-corrected chi connectivity index (χ3v) is 4.32. The van der Waals surface area contributed by atoms with Gasteiger partial charge in [-0.15, -0.1) is 0 Å². The lowest BCUT2D eigenvalue weighted by Crippen LogP contribution is -2.44. The second-order valence-electron chi connectivity index (χ2n) is 5.90. The number of likely N-dealkylation sites (tertiary alicyclic amines) is 1. The molecule has 1 saturated heterocycles. The molecule has 0 N–H and O–H groups in total. The van der Waals surface area contributed by atoms with Gasteiger partial charge in [0.25, 0.3) is 0 Å². The molecule has 1 amide bonds. The number of rotatable bonds is 5. The summed E-state index contributed by atoms with van der Waals surface area (Å²) in [5.74, 6) is 0.717. The minimum absolute atomic E-state index is 0.0104. The van der Waals surface area contributed by atoms with Crippen molar-refractivity contribution in [2.75, 3.05) is 13.1 Å². The number of aryl methyl sites for hydroxylation is 1. The third kappa shape index (κ3) is 4.68. The van der Waals surface area contributed by atoms with Crippen LogP contribution < -0.4 is 4.74 Å². The van der Waals surface area contributed by atoms with Crippen LogP contribution in [-0.2, 0) is 11.2 Å². The molecule has 126 valence electrons. The summed E-state index contributed by atoms with van der Waals surface area (Å²) >= 11 is 5.98. The Morgan fingerprint density at radius 2 is 2.29 bits per heavy atom. The average molecular weight is 346 g/mol. The van der Waals surface area contributed by atoms with Crippen molar-refractivity contribution in [1.82, 2.24) is 14.9 Å². The van der Waals surface area contributed by atoms with Crippen LogP contribution in [0.25, 0.3) is 0 Å². The summed E-state index contributed by atoms with van der Waals surface area (Å²) in [5, 5.41) is 0.705. The monoisotopic (exact) mass is 345 g/mol. The molecule has 1 aromatic carbocycles. The molecular formula is C18H20ClN3O2. The van der Waals surface area contributed by atoms with Crippen LogP contribution in [-0.4, -0.2) is 40.0 Å². The topological polar surface area (TPSA) is 55.3 Å². The van der Waals surface area contributed by atoms with Crippen LogP contribution in [0.3, 0.4) is 0 Å². The summed E-state index contributed by atoms with van der Waals surface area (Å²) in [6.45, 7) is 1.40. The SMILES string of the molecule is O=C(CCc1cccc(Cl)c1)N1CCCC(Oc2ccncn2)C1. The highest BCUT2D eigenvalue weighted by Crippen LogP contribution is 2.18. The summed E-state index contributed by atoms with van der Waals surface area (Å²) in [6, 6.07) is 9.39. The van der Waals surface area contributed by atoms with Gasteiger partial charge in [0.05, 0.1) is 6.54 Å². The minimum atomic E-state index is -0.0104. The highest BCUT2D eigenvalue weighted by molar-refractivity contribution is 6.30. The summed E-state index contributed by atoms with van der Waals surface area (Å²) in [7, 11) is 0. The Morgan fingerprint density at radius 1 is 1.38 bits per heavy atom. The van der Waals surface area contributed by atoms with Gasteiger partial charge >= 0.3 is 0 Å². The molecule has 24 heavy (non-hydrogen) atoms. The highest BCUT2D eigenvalue weighted by atomic mass is 35.5. The van der Waals surface area contributed by atoms with E-state index in [4.69, 9.17) is 16.3 Å². The van der Waals surface area contributed by atoms with E-state index in [1.165, 1.54) is 6.33 Å². The number of amides is 1. The van der Waals surface area contributed by atoms with Gasteiger partial charge in [-0.2, -0.15) is 0 Å². The number of hydrogen-bond donors (Lipinski definition) is 0. The van der Waals surface area contributed by atoms with Crippen LogP contribution in [0.2, 0.25) is 5.02 Å². The Bertz CT molecular complexity index is 681. The maximum atomic E-state index is 12.5. The quantitative estimate of drug-likeness (QED) is 0.835. The Balaban J connectivity index is 1.51. The van der Waals surface area contributed by atoms with Crippen molar-refractivity contribution in [3.63, 3.8) is 0 Å². The van der Waals surface area contributed by atoms with Crippen molar-refractivity contribution in [2.24, 2.45) is 0 Å². The Hall–Kier alpha value is -2.14. The van der Waals surface area contributed by atoms with E-state index >= 15 is 0 Å². The Morgan fingerprint density at radius 3 is 3.08 bits per heavy atom. The standard InChI is InChI=1S/C18H20ClN3O2/c19-15-4-1-3-14(11-15)6-7-18(23)22-10-2-5-16(12-22)24-17-8-9-20-13-21-17/h1,3-4,8-9,11,13,16H,2,5-7,10,12H2. The molecule has 2 heterocycles. The number of carbonyl (C=O) groups is 1. The van der Waals surface area contributed by atoms with E-state index < -0.39 is 0 Å². The summed E-state index contributed by atoms with van der Waals surface area (Å²) in [4.78, 5) is 22.3. The second kappa shape index (κ2) is 8.11. The number of nitrogens with zero attached hydrogens (tertiary/aromatic N) is 3. The first-order chi connectivity index (χ1) is 11.7. The molecule has 0 aliphatic carbocycles. The van der Waals surface area contributed by atoms with Crippen molar-refractivity contribution < 1.29 is 9.53 Å². The Labute approximate surface area is 146 Å². The van der Waals surface area contributed by atoms with Crippen molar-refractivity contribution in [3.05, 3.63) is 53.4 Å². The van der Waals surface area contributed by atoms with Crippen molar-refractivity contribution in [2.45, 2.75) is 31.8 Å². The fourth-order valence-corrected chi connectivity index (χ4v) is 3.09. The molecule has 1 aliphatic heterocycles. The van der Waals surface area contributed by atoms with Crippen LogP contribution in [0.5, 0.6) is 5.88 Å². The zero-order chi connectivity index (χ0) is 16.8. The number of carbonyl (C=O) groups excluding carboxylic acids is 1. The first-order valence-corrected chi connectivity index (χ1v) is 8.53. The first kappa shape index (κ1) is 16.7. The normalized spacial score (nSPS) is 17.5. The van der Waals surface area contributed by atoms with E-state index in [0.29, 0.717) is 30.3 Å². The molecule has 0 spiro atoms. The van der Waals surface area contributed by atoms with Crippen molar-refractivity contribution in [1.29, 1.82) is 0 Å². The lowest BCUT2D eigenvalue weighted by atomic mass is 10.1. The van der Waals surface area contributed by atoms with Gasteiger partial charge in [-0.25, -0.2) is 9.97 Å². The number of hydrogen-bond acceptors (Lipinski definition) is 4. The Kier molecular flexibility index (Phi) is 5.64. The molecule has 0 saturated carbocycles. The predicted molar refractivity (Wildman–Crippen MR) is 92.0 cm³/mol. The molecule has 5 nitrogen and oxygen atoms in total. The largest absolute Gasteiger partial charge is 0.472 e. The van der Waals surface area contributed by atoms with Gasteiger partial charge in [-0.1, -0.05) is 23.7 Å². The van der Waals surface area contributed by atoms with Gasteiger partial charge in [0, 0.05) is 30.3 Å². The predicted octanol–water partition coefficient (Wildman–Crippen LogP) is 3.13. The van der Waals surface area contributed by atoms with Crippen molar-refractivity contribution in [3.8, 4) is 5.88 Å². The highest BCUT2D eigenvalue weighted by Gasteiger charge is 2.24. The number of halogens is 1. The molecule has 1 atom stereocenters. The second-order valence-corrected chi connectivity index (χ2v) is 6.34. The molecule has 3 rings (SSSR count). The van der Waals surface area contributed by atoms with Gasteiger partial charge in [0.1, 0.15) is 12.4 Å². The molecule has 1 unspecified atom stereocenters. The maximum Gasteiger partial charge on any atom is 0.223 e. The summed E-state index contributed by atoms with van der Waals surface area (Å²) < 4.78 is 5.85. The van der Waals surface area contributed by atoms with Crippen LogP contribution >= 0.6 is 11.6 Å². The molecule has 0 radical (unpaired) electrons. The number of aromatic nitrogens is 2. The molecule has 1 aromatic heterocycles. The zero-order valence-electron chi connectivity index (χ0n) is 13.4. The number of piperidine rings is 1. The van der Waals surface area contributed by atoms with Gasteiger partial charge < -0.3 is 9.64 Å². The number of ether oxygens (including phenoxy) is 1. The summed E-state index contributed by atoms with van der Waals surface area (Å²) in [6.07, 6.45) is 6.17. The lowest BCUT2D eigenvalue weighted by molar-refractivity contribution is -0.133. The fraction of sp³-hybridized carbons (Fsp3) is 0.389. The fourth-order valence-electron chi connectivity index (χ4n) is 2.88. The third-order valence-electron chi connectivity index (χ3n) is 4.09. The van der Waals surface area contributed by atoms with Gasteiger partial charge in [0.2, 0.25) is 11.8 Å². The summed E-state index contributed by atoms with van der Waals surface area (Å²) in [5.41, 5.74) is 1.08. The van der Waals surface area contributed by atoms with E-state index in [9.17, 15) is 4.79 Å². The van der Waals surface area contributed by atoms with Crippen LogP contribution in [0.15, 0.2) is 42.9 Å². The molecule has 2 aromatic rings. The van der Waals surface area contributed by atoms with Gasteiger partial charge in [0.15, 0.2) is 0 Å². The van der Waals surface area contributed by atoms with Crippen LogP contribution in [0.1, 0.15) is 24.8 Å². The molecular weight excluding hydrogens is 326 g/mol. The van der Waals surface area contributed by atoms with E-state index in [2.05, 4.69) is 9.97 Å².